The zero-order chi connectivity index (χ0) is 54.9. The first-order valence-electron chi connectivity index (χ1n) is 26.4. The number of rotatable bonds is 23. The molecule has 3 amide bonds. The number of anilines is 2. The second kappa shape index (κ2) is 25.1. The Kier molecular flexibility index (Phi) is 18.5. The quantitative estimate of drug-likeness (QED) is 0.0446. The molecule has 1 aliphatic heterocycles. The van der Waals surface area contributed by atoms with E-state index in [0.29, 0.717) is 61.8 Å². The minimum atomic E-state index is -3.83. The van der Waals surface area contributed by atoms with Crippen LogP contribution in [0.2, 0.25) is 0 Å². The van der Waals surface area contributed by atoms with E-state index in [1.54, 1.807) is 74.8 Å². The molecule has 8 rings (SSSR count). The summed E-state index contributed by atoms with van der Waals surface area (Å²) >= 11 is 1.56. The van der Waals surface area contributed by atoms with Crippen LogP contribution in [-0.4, -0.2) is 124 Å². The Hall–Kier alpha value is -6.22. The third-order valence-electron chi connectivity index (χ3n) is 14.0. The Labute approximate surface area is 456 Å². The molecule has 0 saturated heterocycles. The Morgan fingerprint density at radius 2 is 1.51 bits per heavy atom. The second-order valence-electron chi connectivity index (χ2n) is 21.6. The van der Waals surface area contributed by atoms with E-state index in [1.165, 1.54) is 5.56 Å². The molecule has 17 nitrogen and oxygen atoms in total. The molecule has 0 unspecified atom stereocenters. The van der Waals surface area contributed by atoms with Gasteiger partial charge in [0.1, 0.15) is 41.7 Å². The van der Waals surface area contributed by atoms with E-state index in [0.717, 1.165) is 51.9 Å². The van der Waals surface area contributed by atoms with E-state index in [4.69, 9.17) is 23.7 Å². The Morgan fingerprint density at radius 3 is 2.22 bits per heavy atom. The number of ether oxygens (including phenoxy) is 5. The molecule has 0 radical (unpaired) electrons. The number of carbonyl (C=O) groups is 3. The maximum absolute atomic E-state index is 14.7. The molecule has 0 spiro atoms. The number of sulfone groups is 1. The maximum atomic E-state index is 14.7. The summed E-state index contributed by atoms with van der Waals surface area (Å²) in [6, 6.07) is 22.6. The number of carbonyl (C=O) groups excluding carboxylic acids is 3. The number of likely N-dealkylation sites (N-methyl/N-ethyl adjacent to an activating group) is 1. The SMILES string of the molecule is CN[C@@H](C)C(=O)N[C@H](C(=O)N1Cc2cc(OCCOCCOCCOCCOc3cc4nccc(Nc5ccc6scnc6c5)c4cc3S(=O)(=O)C(C)(C)C)ccc2C[C@@H]1C(=O)N[C@@H]1CCCc2ccccc21)C(C)(C)C. The molecule has 0 saturated carbocycles. The molecule has 77 heavy (non-hydrogen) atoms. The van der Waals surface area contributed by atoms with E-state index < -0.39 is 38.1 Å². The lowest BCUT2D eigenvalue weighted by atomic mass is 9.83. The minimum Gasteiger partial charge on any atom is -0.491 e. The van der Waals surface area contributed by atoms with Crippen LogP contribution in [0.25, 0.3) is 21.1 Å². The number of hydrogen-bond acceptors (Lipinski definition) is 15. The largest absolute Gasteiger partial charge is 0.491 e. The van der Waals surface area contributed by atoms with E-state index in [1.807, 2.05) is 75.4 Å². The van der Waals surface area contributed by atoms with Crippen LogP contribution in [0.1, 0.15) is 89.6 Å². The lowest BCUT2D eigenvalue weighted by Gasteiger charge is -2.41. The molecule has 1 aliphatic carbocycles. The van der Waals surface area contributed by atoms with Gasteiger partial charge in [0.2, 0.25) is 17.7 Å². The van der Waals surface area contributed by atoms with Crippen molar-refractivity contribution in [2.75, 3.05) is 65.2 Å². The number of nitrogens with zero attached hydrogens (tertiary/aromatic N) is 3. The number of aromatic nitrogens is 2. The summed E-state index contributed by atoms with van der Waals surface area (Å²) in [4.78, 5) is 52.9. The third kappa shape index (κ3) is 13.9. The molecule has 4 atom stereocenters. The van der Waals surface area contributed by atoms with Gasteiger partial charge in [0, 0.05) is 42.0 Å². The van der Waals surface area contributed by atoms with Gasteiger partial charge < -0.3 is 49.9 Å². The van der Waals surface area contributed by atoms with Gasteiger partial charge in [-0.05, 0) is 124 Å². The molecular formula is C58H73N7O10S2. The van der Waals surface area contributed by atoms with Crippen molar-refractivity contribution in [2.45, 2.75) is 115 Å². The molecule has 2 aromatic heterocycles. The van der Waals surface area contributed by atoms with Crippen molar-refractivity contribution < 1.29 is 46.5 Å². The number of amides is 3. The predicted octanol–water partition coefficient (Wildman–Crippen LogP) is 8.25. The number of hydrogen-bond donors (Lipinski definition) is 4. The van der Waals surface area contributed by atoms with Gasteiger partial charge in [-0.1, -0.05) is 51.1 Å². The fourth-order valence-corrected chi connectivity index (χ4v) is 11.5. The van der Waals surface area contributed by atoms with Gasteiger partial charge in [0.25, 0.3) is 0 Å². The van der Waals surface area contributed by atoms with Crippen LogP contribution in [0.4, 0.5) is 11.4 Å². The average molecular weight is 1090 g/mol. The van der Waals surface area contributed by atoms with Crippen molar-refractivity contribution in [1.29, 1.82) is 0 Å². The zero-order valence-electron chi connectivity index (χ0n) is 45.4. The van der Waals surface area contributed by atoms with Crippen LogP contribution in [0, 0.1) is 5.41 Å². The van der Waals surface area contributed by atoms with Gasteiger partial charge >= 0.3 is 0 Å². The number of pyridine rings is 1. The molecular weight excluding hydrogens is 1020 g/mol. The monoisotopic (exact) mass is 1090 g/mol. The highest BCUT2D eigenvalue weighted by Gasteiger charge is 2.43. The van der Waals surface area contributed by atoms with Crippen LogP contribution in [0.5, 0.6) is 11.5 Å². The van der Waals surface area contributed by atoms with Crippen LogP contribution in [-0.2, 0) is 57.8 Å². The van der Waals surface area contributed by atoms with Crippen molar-refractivity contribution in [3.05, 3.63) is 113 Å². The molecule has 2 aliphatic rings. The fourth-order valence-electron chi connectivity index (χ4n) is 9.48. The van der Waals surface area contributed by atoms with E-state index in [9.17, 15) is 22.8 Å². The number of nitrogens with one attached hydrogen (secondary N) is 4. The summed E-state index contributed by atoms with van der Waals surface area (Å²) in [7, 11) is -2.13. The number of benzene rings is 4. The lowest BCUT2D eigenvalue weighted by molar-refractivity contribution is -0.147. The first-order chi connectivity index (χ1) is 36.8. The first-order valence-corrected chi connectivity index (χ1v) is 28.7. The topological polar surface area (TPSA) is 209 Å². The Bertz CT molecular complexity index is 3150. The highest BCUT2D eigenvalue weighted by Crippen LogP contribution is 2.39. The van der Waals surface area contributed by atoms with Crippen molar-refractivity contribution >= 4 is 71.4 Å². The number of fused-ring (bicyclic) bond motifs is 4. The highest BCUT2D eigenvalue weighted by molar-refractivity contribution is 7.92. The van der Waals surface area contributed by atoms with Crippen molar-refractivity contribution in [2.24, 2.45) is 5.41 Å². The van der Waals surface area contributed by atoms with Crippen molar-refractivity contribution in [3.63, 3.8) is 0 Å². The standard InChI is InChI=1S/C58H73N7O10S2/c1-37(59-8)54(66)64-53(57(2,3)4)56(68)65-35-40-30-42(18-16-39(40)31-49(65)55(67)63-45-15-11-13-38-12-9-10-14-43(38)45)74-28-26-72-24-22-71-23-25-73-27-29-75-50-34-47-44(33-52(50)77(69,70)58(5,6)7)46(20-21-60-47)62-41-17-19-51-48(32-41)61-36-76-51/h9-10,12,14,16-21,30,32-34,36-37,45,49,53,59H,11,13,15,22-29,31,35H2,1-8H3,(H,60,62)(H,63,67)(H,64,66)/t37-,45+,49+,53+/m0/s1. The van der Waals surface area contributed by atoms with Gasteiger partial charge in [-0.25, -0.2) is 13.4 Å². The summed E-state index contributed by atoms with van der Waals surface area (Å²) in [5.74, 6) is -0.0348. The summed E-state index contributed by atoms with van der Waals surface area (Å²) < 4.78 is 57.3. The Balaban J connectivity index is 0.795. The number of aryl methyl sites for hydroxylation is 1. The van der Waals surface area contributed by atoms with Crippen LogP contribution in [0.3, 0.4) is 0 Å². The molecule has 19 heteroatoms. The smallest absolute Gasteiger partial charge is 0.246 e. The lowest BCUT2D eigenvalue weighted by Crippen LogP contribution is -2.62. The predicted molar refractivity (Wildman–Crippen MR) is 300 cm³/mol. The first kappa shape index (κ1) is 57.0. The zero-order valence-corrected chi connectivity index (χ0v) is 47.0. The summed E-state index contributed by atoms with van der Waals surface area (Å²) in [5, 5.41) is 13.3. The van der Waals surface area contributed by atoms with E-state index in [-0.39, 0.29) is 60.8 Å². The second-order valence-corrected chi connectivity index (χ2v) is 25.1. The van der Waals surface area contributed by atoms with Gasteiger partial charge in [0.05, 0.1) is 77.7 Å². The number of thiazole rings is 1. The molecule has 6 aromatic rings. The average Bonchev–Trinajstić information content (AvgIpc) is 3.90. The van der Waals surface area contributed by atoms with E-state index in [2.05, 4.69) is 43.4 Å². The summed E-state index contributed by atoms with van der Waals surface area (Å²) in [6.07, 6.45) is 4.71. The maximum Gasteiger partial charge on any atom is 0.246 e. The van der Waals surface area contributed by atoms with Gasteiger partial charge in [0.15, 0.2) is 9.84 Å². The summed E-state index contributed by atoms with van der Waals surface area (Å²) in [5.41, 5.74) is 8.26. The van der Waals surface area contributed by atoms with Crippen molar-refractivity contribution in [3.8, 4) is 11.5 Å². The van der Waals surface area contributed by atoms with Crippen LogP contribution in [0.15, 0.2) is 95.5 Å². The van der Waals surface area contributed by atoms with Gasteiger partial charge in [-0.2, -0.15) is 0 Å². The van der Waals surface area contributed by atoms with Crippen LogP contribution >= 0.6 is 11.3 Å². The normalized spacial score (nSPS) is 16.5. The molecule has 4 N–H and O–H groups in total. The molecule has 3 heterocycles. The van der Waals surface area contributed by atoms with Gasteiger partial charge in [-0.3, -0.25) is 19.4 Å². The van der Waals surface area contributed by atoms with Crippen molar-refractivity contribution in [1.82, 2.24) is 30.8 Å². The van der Waals surface area contributed by atoms with Gasteiger partial charge in [-0.15, -0.1) is 11.3 Å². The molecule has 412 valence electrons. The molecule has 0 bridgehead atoms. The minimum absolute atomic E-state index is 0.0750. The molecule has 4 aromatic carbocycles. The third-order valence-corrected chi connectivity index (χ3v) is 17.4. The highest BCUT2D eigenvalue weighted by atomic mass is 32.2. The van der Waals surface area contributed by atoms with Crippen LogP contribution < -0.4 is 30.7 Å². The fraction of sp³-hybridized carbons (Fsp3) is 0.466. The Morgan fingerprint density at radius 1 is 0.792 bits per heavy atom. The summed E-state index contributed by atoms with van der Waals surface area (Å²) in [6.45, 7) is 14.8. The molecule has 0 fully saturated rings. The van der Waals surface area contributed by atoms with E-state index >= 15 is 0 Å².